The van der Waals surface area contributed by atoms with Crippen molar-refractivity contribution in [3.05, 3.63) is 28.7 Å². The molecule has 2 N–H and O–H groups in total. The predicted octanol–water partition coefficient (Wildman–Crippen LogP) is 3.42. The van der Waals surface area contributed by atoms with Crippen LogP contribution in [0.2, 0.25) is 0 Å². The van der Waals surface area contributed by atoms with E-state index in [4.69, 9.17) is 4.74 Å². The molecule has 1 aliphatic rings. The number of ether oxygens (including phenoxy) is 1. The van der Waals surface area contributed by atoms with Crippen molar-refractivity contribution in [2.45, 2.75) is 64.6 Å². The number of halogens is 1. The molecule has 0 bridgehead atoms. The van der Waals surface area contributed by atoms with Gasteiger partial charge in [0.2, 0.25) is 5.91 Å². The number of hydrogen-bond acceptors (Lipinski definition) is 3. The Hall–Kier alpha value is -1.56. The first-order chi connectivity index (χ1) is 11.8. The molecule has 3 unspecified atom stereocenters. The van der Waals surface area contributed by atoms with Crippen LogP contribution in [0.4, 0.5) is 0 Å². The van der Waals surface area contributed by atoms with Crippen LogP contribution >= 0.6 is 15.9 Å². The zero-order valence-electron chi connectivity index (χ0n) is 15.0. The van der Waals surface area contributed by atoms with Crippen molar-refractivity contribution in [3.8, 4) is 5.75 Å². The normalized spacial score (nSPS) is 21.5. The van der Waals surface area contributed by atoms with Crippen molar-refractivity contribution in [1.29, 1.82) is 0 Å². The first kappa shape index (κ1) is 19.8. The largest absolute Gasteiger partial charge is 0.481 e. The Kier molecular flexibility index (Phi) is 7.29. The molecule has 2 amide bonds. The Balaban J connectivity index is 1.84. The Morgan fingerprint density at radius 3 is 2.48 bits per heavy atom. The highest BCUT2D eigenvalue weighted by molar-refractivity contribution is 9.10. The van der Waals surface area contributed by atoms with Gasteiger partial charge >= 0.3 is 0 Å². The lowest BCUT2D eigenvalue weighted by atomic mass is 9.85. The zero-order chi connectivity index (χ0) is 18.4. The summed E-state index contributed by atoms with van der Waals surface area (Å²) in [6, 6.07) is 7.56. The van der Waals surface area contributed by atoms with Crippen molar-refractivity contribution in [2.24, 2.45) is 5.92 Å². The van der Waals surface area contributed by atoms with E-state index < -0.39 is 6.10 Å². The highest BCUT2D eigenvalue weighted by Gasteiger charge is 2.29. The van der Waals surface area contributed by atoms with E-state index in [2.05, 4.69) is 26.6 Å². The maximum absolute atomic E-state index is 12.4. The van der Waals surface area contributed by atoms with E-state index in [1.807, 2.05) is 38.1 Å². The van der Waals surface area contributed by atoms with Gasteiger partial charge in [0.05, 0.1) is 0 Å². The number of amides is 2. The van der Waals surface area contributed by atoms with Gasteiger partial charge in [-0.05, 0) is 64.3 Å². The van der Waals surface area contributed by atoms with Crippen LogP contribution in [0.15, 0.2) is 28.7 Å². The number of benzene rings is 1. The summed E-state index contributed by atoms with van der Waals surface area (Å²) in [5.74, 6) is 0.582. The van der Waals surface area contributed by atoms with Gasteiger partial charge in [-0.1, -0.05) is 22.4 Å². The molecule has 0 aliphatic heterocycles. The van der Waals surface area contributed by atoms with Crippen LogP contribution in [-0.2, 0) is 9.59 Å². The predicted molar refractivity (Wildman–Crippen MR) is 101 cm³/mol. The molecule has 138 valence electrons. The number of carbonyl (C=O) groups is 2. The molecule has 1 aromatic carbocycles. The van der Waals surface area contributed by atoms with Gasteiger partial charge in [0.25, 0.3) is 5.91 Å². The Labute approximate surface area is 158 Å². The van der Waals surface area contributed by atoms with Crippen LogP contribution < -0.4 is 15.4 Å². The molecule has 0 heterocycles. The Bertz CT molecular complexity index is 589. The average Bonchev–Trinajstić information content (AvgIpc) is 2.56. The molecule has 1 aromatic rings. The fourth-order valence-electron chi connectivity index (χ4n) is 3.05. The van der Waals surface area contributed by atoms with E-state index in [1.54, 1.807) is 6.92 Å². The number of rotatable bonds is 6. The summed E-state index contributed by atoms with van der Waals surface area (Å²) in [6.45, 7) is 5.66. The maximum Gasteiger partial charge on any atom is 0.260 e. The summed E-state index contributed by atoms with van der Waals surface area (Å²) in [6.07, 6.45) is 2.85. The third kappa shape index (κ3) is 6.34. The summed E-state index contributed by atoms with van der Waals surface area (Å²) < 4.78 is 6.65. The lowest BCUT2D eigenvalue weighted by Crippen LogP contribution is -2.47. The van der Waals surface area contributed by atoms with Gasteiger partial charge in [-0.25, -0.2) is 0 Å². The van der Waals surface area contributed by atoms with E-state index >= 15 is 0 Å². The van der Waals surface area contributed by atoms with Crippen molar-refractivity contribution < 1.29 is 14.3 Å². The van der Waals surface area contributed by atoms with Crippen LogP contribution in [0.1, 0.15) is 46.5 Å². The van der Waals surface area contributed by atoms with Gasteiger partial charge in [0, 0.05) is 22.5 Å². The Morgan fingerprint density at radius 1 is 1.16 bits per heavy atom. The van der Waals surface area contributed by atoms with Gasteiger partial charge in [-0.15, -0.1) is 0 Å². The zero-order valence-corrected chi connectivity index (χ0v) is 16.6. The minimum Gasteiger partial charge on any atom is -0.481 e. The number of carbonyl (C=O) groups excluding carboxylic acids is 2. The number of hydrogen-bond donors (Lipinski definition) is 2. The monoisotopic (exact) mass is 410 g/mol. The second-order valence-electron chi connectivity index (χ2n) is 6.95. The fraction of sp³-hybridized carbons (Fsp3) is 0.579. The van der Waals surface area contributed by atoms with Crippen LogP contribution in [-0.4, -0.2) is 30.0 Å². The molecule has 0 aromatic heterocycles. The van der Waals surface area contributed by atoms with Crippen molar-refractivity contribution in [3.63, 3.8) is 0 Å². The van der Waals surface area contributed by atoms with E-state index in [0.717, 1.165) is 23.7 Å². The van der Waals surface area contributed by atoms with E-state index in [0.29, 0.717) is 12.2 Å². The topological polar surface area (TPSA) is 67.4 Å². The molecule has 1 saturated carbocycles. The minimum absolute atomic E-state index is 0.0239. The highest BCUT2D eigenvalue weighted by Crippen LogP contribution is 2.25. The molecular weight excluding hydrogens is 384 g/mol. The van der Waals surface area contributed by atoms with Crippen molar-refractivity contribution in [2.75, 3.05) is 0 Å². The smallest absolute Gasteiger partial charge is 0.260 e. The molecule has 0 spiro atoms. The third-order valence-corrected chi connectivity index (χ3v) is 4.85. The van der Waals surface area contributed by atoms with E-state index in [9.17, 15) is 9.59 Å². The first-order valence-electron chi connectivity index (χ1n) is 8.88. The van der Waals surface area contributed by atoms with Gasteiger partial charge in [0.1, 0.15) is 5.75 Å². The SMILES string of the molecule is CC(C)NC(=O)C1CCCC(NC(=O)C(C)Oc2ccc(Br)cc2)C1. The number of nitrogens with one attached hydrogen (secondary N) is 2. The molecular formula is C19H27BrN2O3. The Morgan fingerprint density at radius 2 is 1.84 bits per heavy atom. The van der Waals surface area contributed by atoms with Crippen molar-refractivity contribution in [1.82, 2.24) is 10.6 Å². The quantitative estimate of drug-likeness (QED) is 0.754. The first-order valence-corrected chi connectivity index (χ1v) is 9.67. The summed E-state index contributed by atoms with van der Waals surface area (Å²) in [5.41, 5.74) is 0. The van der Waals surface area contributed by atoms with Gasteiger partial charge in [-0.3, -0.25) is 9.59 Å². The maximum atomic E-state index is 12.4. The molecule has 1 aliphatic carbocycles. The van der Waals surface area contributed by atoms with E-state index in [-0.39, 0.29) is 29.8 Å². The van der Waals surface area contributed by atoms with Crippen LogP contribution in [0.25, 0.3) is 0 Å². The lowest BCUT2D eigenvalue weighted by Gasteiger charge is -2.30. The van der Waals surface area contributed by atoms with Gasteiger partial charge in [-0.2, -0.15) is 0 Å². The molecule has 3 atom stereocenters. The van der Waals surface area contributed by atoms with Gasteiger partial charge in [0.15, 0.2) is 6.10 Å². The molecule has 6 heteroatoms. The fourth-order valence-corrected chi connectivity index (χ4v) is 3.32. The second-order valence-corrected chi connectivity index (χ2v) is 7.86. The average molecular weight is 411 g/mol. The molecule has 25 heavy (non-hydrogen) atoms. The molecule has 2 rings (SSSR count). The highest BCUT2D eigenvalue weighted by atomic mass is 79.9. The molecule has 0 saturated heterocycles. The molecule has 1 fully saturated rings. The van der Waals surface area contributed by atoms with E-state index in [1.165, 1.54) is 0 Å². The summed E-state index contributed by atoms with van der Waals surface area (Å²) in [7, 11) is 0. The lowest BCUT2D eigenvalue weighted by molar-refractivity contribution is -0.130. The van der Waals surface area contributed by atoms with Crippen LogP contribution in [0, 0.1) is 5.92 Å². The van der Waals surface area contributed by atoms with Crippen LogP contribution in [0.5, 0.6) is 5.75 Å². The standard InChI is InChI=1S/C19H27BrN2O3/c1-12(2)21-19(24)14-5-4-6-16(11-14)22-18(23)13(3)25-17-9-7-15(20)8-10-17/h7-10,12-14,16H,4-6,11H2,1-3H3,(H,21,24)(H,22,23). The summed E-state index contributed by atoms with van der Waals surface area (Å²) in [5, 5.41) is 6.00. The minimum atomic E-state index is -0.578. The summed E-state index contributed by atoms with van der Waals surface area (Å²) >= 11 is 3.37. The molecule has 0 radical (unpaired) electrons. The van der Waals surface area contributed by atoms with Gasteiger partial charge < -0.3 is 15.4 Å². The second kappa shape index (κ2) is 9.22. The summed E-state index contributed by atoms with van der Waals surface area (Å²) in [4.78, 5) is 24.6. The van der Waals surface area contributed by atoms with Crippen molar-refractivity contribution >= 4 is 27.7 Å². The van der Waals surface area contributed by atoms with Crippen LogP contribution in [0.3, 0.4) is 0 Å². The third-order valence-electron chi connectivity index (χ3n) is 4.32. The molecule has 5 nitrogen and oxygen atoms in total.